The number of hydrogen-bond acceptors (Lipinski definition) is 6. The van der Waals surface area contributed by atoms with E-state index in [1.54, 1.807) is 12.2 Å². The maximum absolute atomic E-state index is 13.2. The third-order valence-corrected chi connectivity index (χ3v) is 7.92. The lowest BCUT2D eigenvalue weighted by molar-refractivity contribution is -0.166. The van der Waals surface area contributed by atoms with Gasteiger partial charge in [-0.3, -0.25) is 29.0 Å². The number of allylic oxidation sites excluding steroid dienone is 2. The molecule has 8 atom stereocenters. The van der Waals surface area contributed by atoms with Gasteiger partial charge in [-0.25, -0.2) is 0 Å². The largest absolute Gasteiger partial charge is 0.376 e. The summed E-state index contributed by atoms with van der Waals surface area (Å²) in [5.74, 6) is -2.79. The molecule has 0 aromatic heterocycles. The van der Waals surface area contributed by atoms with E-state index >= 15 is 0 Å². The molecule has 0 spiro atoms. The Labute approximate surface area is 186 Å². The first kappa shape index (κ1) is 21.3. The fraction of sp³-hybridized carbons (Fsp3) is 0.583. The normalized spacial score (nSPS) is 38.6. The second-order valence-electron chi connectivity index (χ2n) is 9.18. The predicted octanol–water partition coefficient (Wildman–Crippen LogP) is 0.656. The SMILES string of the molecule is C=CCOCCN1C(=O)[C@H]2[C@@H]3C=C[C@@H]([C@@H]2C1=O)[C@H]1[C@H]2C(=O)N(CCOCC=C)C(=O)[C@@H]2[C@H]31. The van der Waals surface area contributed by atoms with Crippen LogP contribution in [-0.2, 0) is 28.7 Å². The van der Waals surface area contributed by atoms with Gasteiger partial charge in [-0.15, -0.1) is 13.2 Å². The van der Waals surface area contributed by atoms with Crippen LogP contribution in [0.1, 0.15) is 0 Å². The molecule has 8 nitrogen and oxygen atoms in total. The Kier molecular flexibility index (Phi) is 5.37. The number of likely N-dealkylation sites (tertiary alicyclic amines) is 2. The number of carbonyl (C=O) groups is 4. The van der Waals surface area contributed by atoms with Gasteiger partial charge >= 0.3 is 0 Å². The molecule has 0 unspecified atom stereocenters. The van der Waals surface area contributed by atoms with Crippen molar-refractivity contribution in [2.24, 2.45) is 47.3 Å². The molecule has 6 aliphatic rings. The third-order valence-electron chi connectivity index (χ3n) is 7.92. The third kappa shape index (κ3) is 2.82. The molecular formula is C24H28N2O6. The number of hydrogen-bond donors (Lipinski definition) is 0. The summed E-state index contributed by atoms with van der Waals surface area (Å²) in [6.45, 7) is 8.89. The summed E-state index contributed by atoms with van der Waals surface area (Å²) in [6.07, 6.45) is 7.27. The second kappa shape index (κ2) is 8.08. The number of carbonyl (C=O) groups excluding carboxylic acids is 4. The van der Waals surface area contributed by atoms with Gasteiger partial charge in [-0.2, -0.15) is 0 Å². The maximum Gasteiger partial charge on any atom is 0.233 e. The topological polar surface area (TPSA) is 93.2 Å². The fourth-order valence-corrected chi connectivity index (χ4v) is 6.81. The van der Waals surface area contributed by atoms with E-state index in [0.717, 1.165) is 0 Å². The van der Waals surface area contributed by atoms with Crippen LogP contribution in [0.25, 0.3) is 0 Å². The van der Waals surface area contributed by atoms with Crippen molar-refractivity contribution in [2.75, 3.05) is 39.5 Å². The fourth-order valence-electron chi connectivity index (χ4n) is 6.81. The van der Waals surface area contributed by atoms with Gasteiger partial charge in [0.05, 0.1) is 63.2 Å². The molecule has 2 aliphatic heterocycles. The monoisotopic (exact) mass is 440 g/mol. The van der Waals surface area contributed by atoms with Crippen LogP contribution in [0.5, 0.6) is 0 Å². The van der Waals surface area contributed by atoms with Crippen molar-refractivity contribution in [1.29, 1.82) is 0 Å². The van der Waals surface area contributed by atoms with Crippen molar-refractivity contribution in [3.05, 3.63) is 37.5 Å². The number of imide groups is 2. The van der Waals surface area contributed by atoms with Crippen LogP contribution >= 0.6 is 0 Å². The molecule has 4 aliphatic carbocycles. The van der Waals surface area contributed by atoms with E-state index in [0.29, 0.717) is 13.2 Å². The zero-order valence-electron chi connectivity index (χ0n) is 17.9. The standard InChI is InChI=1S/C24H28N2O6/c1-3-9-31-11-7-25-21(27)17-13-5-6-14(18(17)22(25)28)16-15(13)19-20(16)24(30)26(23(19)29)8-12-32-10-4-2/h3-6,13-20H,1-2,7-12H2/t13-,14-,15-,16-,17+,18+,19-,20-/m1/s1. The van der Waals surface area contributed by atoms with E-state index < -0.39 is 23.7 Å². The molecule has 6 rings (SSSR count). The molecule has 2 saturated carbocycles. The van der Waals surface area contributed by atoms with E-state index in [1.807, 2.05) is 12.2 Å². The van der Waals surface area contributed by atoms with Gasteiger partial charge in [0.15, 0.2) is 0 Å². The molecule has 4 amide bonds. The van der Waals surface area contributed by atoms with Crippen LogP contribution in [0.2, 0.25) is 0 Å². The lowest BCUT2D eigenvalue weighted by Crippen LogP contribution is -2.63. The molecule has 170 valence electrons. The first-order valence-corrected chi connectivity index (χ1v) is 11.3. The van der Waals surface area contributed by atoms with Gasteiger partial charge in [0.25, 0.3) is 0 Å². The van der Waals surface area contributed by atoms with E-state index in [9.17, 15) is 19.2 Å². The molecule has 4 fully saturated rings. The highest BCUT2D eigenvalue weighted by atomic mass is 16.5. The molecule has 0 aromatic carbocycles. The predicted molar refractivity (Wildman–Crippen MR) is 113 cm³/mol. The first-order valence-electron chi connectivity index (χ1n) is 11.3. The van der Waals surface area contributed by atoms with Gasteiger partial charge < -0.3 is 9.47 Å². The summed E-state index contributed by atoms with van der Waals surface area (Å²) >= 11 is 0. The summed E-state index contributed by atoms with van der Waals surface area (Å²) in [7, 11) is 0. The highest BCUT2D eigenvalue weighted by molar-refractivity contribution is 6.09. The molecule has 0 radical (unpaired) electrons. The molecular weight excluding hydrogens is 412 g/mol. The first-order chi connectivity index (χ1) is 15.5. The van der Waals surface area contributed by atoms with Gasteiger partial charge in [-0.05, 0) is 23.7 Å². The Morgan fingerprint density at radius 1 is 0.688 bits per heavy atom. The minimum absolute atomic E-state index is 0.0551. The van der Waals surface area contributed by atoms with Gasteiger partial charge in [0.2, 0.25) is 23.6 Å². The Morgan fingerprint density at radius 2 is 1.06 bits per heavy atom. The quantitative estimate of drug-likeness (QED) is 0.281. The average Bonchev–Trinajstić information content (AvgIpc) is 3.14. The van der Waals surface area contributed by atoms with Crippen LogP contribution in [0, 0.1) is 47.3 Å². The molecule has 32 heavy (non-hydrogen) atoms. The van der Waals surface area contributed by atoms with Crippen molar-refractivity contribution in [3.63, 3.8) is 0 Å². The summed E-state index contributed by atoms with van der Waals surface area (Å²) in [6, 6.07) is 0. The maximum atomic E-state index is 13.2. The Hall–Kier alpha value is -2.58. The average molecular weight is 440 g/mol. The summed E-state index contributed by atoms with van der Waals surface area (Å²) < 4.78 is 10.7. The summed E-state index contributed by atoms with van der Waals surface area (Å²) in [5, 5.41) is 0. The lowest BCUT2D eigenvalue weighted by Gasteiger charge is -2.60. The van der Waals surface area contributed by atoms with Crippen LogP contribution in [-0.4, -0.2) is 72.9 Å². The Balaban J connectivity index is 1.33. The number of fused-ring (bicyclic) bond motifs is 1. The Bertz CT molecular complexity index is 856. The van der Waals surface area contributed by atoms with E-state index in [1.165, 1.54) is 9.80 Å². The minimum atomic E-state index is -0.438. The molecule has 2 heterocycles. The van der Waals surface area contributed by atoms with Crippen molar-refractivity contribution in [1.82, 2.24) is 9.80 Å². The molecule has 0 aromatic rings. The van der Waals surface area contributed by atoms with Crippen molar-refractivity contribution < 1.29 is 28.7 Å². The molecule has 0 N–H and O–H groups in total. The number of nitrogens with zero attached hydrogens (tertiary/aromatic N) is 2. The smallest absolute Gasteiger partial charge is 0.233 e. The van der Waals surface area contributed by atoms with Crippen LogP contribution < -0.4 is 0 Å². The molecule has 2 bridgehead atoms. The van der Waals surface area contributed by atoms with Crippen LogP contribution in [0.15, 0.2) is 37.5 Å². The van der Waals surface area contributed by atoms with Crippen LogP contribution in [0.3, 0.4) is 0 Å². The highest BCUT2D eigenvalue weighted by Gasteiger charge is 2.74. The zero-order valence-corrected chi connectivity index (χ0v) is 17.9. The van der Waals surface area contributed by atoms with Gasteiger partial charge in [0, 0.05) is 0 Å². The van der Waals surface area contributed by atoms with E-state index in [-0.39, 0.29) is 73.6 Å². The number of rotatable bonds is 10. The molecule has 2 saturated heterocycles. The van der Waals surface area contributed by atoms with Crippen molar-refractivity contribution in [3.8, 4) is 0 Å². The number of ether oxygens (including phenoxy) is 2. The van der Waals surface area contributed by atoms with Gasteiger partial charge in [-0.1, -0.05) is 24.3 Å². The highest BCUT2D eigenvalue weighted by Crippen LogP contribution is 2.68. The summed E-state index contributed by atoms with van der Waals surface area (Å²) in [5.41, 5.74) is 0. The van der Waals surface area contributed by atoms with Gasteiger partial charge in [0.1, 0.15) is 0 Å². The number of amides is 4. The summed E-state index contributed by atoms with van der Waals surface area (Å²) in [4.78, 5) is 55.2. The zero-order chi connectivity index (χ0) is 22.6. The molecule has 8 heteroatoms. The van der Waals surface area contributed by atoms with Crippen molar-refractivity contribution >= 4 is 23.6 Å². The van der Waals surface area contributed by atoms with E-state index in [4.69, 9.17) is 9.47 Å². The Morgan fingerprint density at radius 3 is 1.44 bits per heavy atom. The van der Waals surface area contributed by atoms with E-state index in [2.05, 4.69) is 13.2 Å². The van der Waals surface area contributed by atoms with Crippen LogP contribution in [0.4, 0.5) is 0 Å². The van der Waals surface area contributed by atoms with Crippen molar-refractivity contribution in [2.45, 2.75) is 0 Å². The minimum Gasteiger partial charge on any atom is -0.376 e. The second-order valence-corrected chi connectivity index (χ2v) is 9.18. The lowest BCUT2D eigenvalue weighted by atomic mass is 9.40.